The largest absolute Gasteiger partial charge is 0.381 e. The molecule has 26 heavy (non-hydrogen) atoms. The number of guanidine groups is 1. The molecule has 0 bridgehead atoms. The van der Waals surface area contributed by atoms with E-state index in [2.05, 4.69) is 59.3 Å². The SMILES string of the molecule is CCNC(=NCC1(N(C)C)CCOCC1)NCCCn1nc(C)cc1C. The molecule has 148 valence electrons. The van der Waals surface area contributed by atoms with Crippen LogP contribution in [-0.4, -0.2) is 73.1 Å². The molecule has 1 aliphatic rings. The maximum atomic E-state index is 5.55. The van der Waals surface area contributed by atoms with E-state index < -0.39 is 0 Å². The predicted molar refractivity (Wildman–Crippen MR) is 107 cm³/mol. The summed E-state index contributed by atoms with van der Waals surface area (Å²) in [6, 6.07) is 2.12. The Kier molecular flexibility index (Phi) is 7.90. The summed E-state index contributed by atoms with van der Waals surface area (Å²) in [5.41, 5.74) is 2.40. The number of nitrogens with zero attached hydrogens (tertiary/aromatic N) is 4. The molecule has 0 aromatic carbocycles. The van der Waals surface area contributed by atoms with E-state index in [9.17, 15) is 0 Å². The molecule has 7 nitrogen and oxygen atoms in total. The highest BCUT2D eigenvalue weighted by molar-refractivity contribution is 5.79. The van der Waals surface area contributed by atoms with Crippen LogP contribution in [0.2, 0.25) is 0 Å². The lowest BCUT2D eigenvalue weighted by molar-refractivity contribution is -0.00254. The normalized spacial score (nSPS) is 17.5. The van der Waals surface area contributed by atoms with Crippen molar-refractivity contribution in [2.75, 3.05) is 46.9 Å². The zero-order chi connectivity index (χ0) is 19.0. The van der Waals surface area contributed by atoms with Gasteiger partial charge in [-0.15, -0.1) is 0 Å². The van der Waals surface area contributed by atoms with Crippen molar-refractivity contribution in [2.24, 2.45) is 4.99 Å². The molecule has 1 fully saturated rings. The summed E-state index contributed by atoms with van der Waals surface area (Å²) in [5.74, 6) is 0.897. The van der Waals surface area contributed by atoms with Gasteiger partial charge in [-0.25, -0.2) is 0 Å². The molecule has 0 radical (unpaired) electrons. The first-order valence-electron chi connectivity index (χ1n) is 9.75. The molecule has 2 rings (SSSR count). The maximum Gasteiger partial charge on any atom is 0.191 e. The number of aromatic nitrogens is 2. The van der Waals surface area contributed by atoms with Gasteiger partial charge >= 0.3 is 0 Å². The van der Waals surface area contributed by atoms with Crippen LogP contribution in [0.25, 0.3) is 0 Å². The molecule has 0 amide bonds. The smallest absolute Gasteiger partial charge is 0.191 e. The highest BCUT2D eigenvalue weighted by Gasteiger charge is 2.34. The number of nitrogens with one attached hydrogen (secondary N) is 2. The molecule has 2 heterocycles. The quantitative estimate of drug-likeness (QED) is 0.416. The molecule has 1 aromatic heterocycles. The number of likely N-dealkylation sites (N-methyl/N-ethyl adjacent to an activating group) is 1. The minimum Gasteiger partial charge on any atom is -0.381 e. The third kappa shape index (κ3) is 5.71. The lowest BCUT2D eigenvalue weighted by Crippen LogP contribution is -2.51. The second-order valence-corrected chi connectivity index (χ2v) is 7.36. The van der Waals surface area contributed by atoms with Crippen molar-refractivity contribution in [1.82, 2.24) is 25.3 Å². The van der Waals surface area contributed by atoms with E-state index in [1.807, 2.05) is 6.92 Å². The molecule has 1 saturated heterocycles. The second kappa shape index (κ2) is 9.92. The summed E-state index contributed by atoms with van der Waals surface area (Å²) in [6.45, 7) is 11.3. The number of hydrogen-bond donors (Lipinski definition) is 2. The first-order chi connectivity index (χ1) is 12.5. The monoisotopic (exact) mass is 364 g/mol. The Bertz CT molecular complexity index is 575. The minimum absolute atomic E-state index is 0.101. The van der Waals surface area contributed by atoms with E-state index in [1.165, 1.54) is 5.69 Å². The zero-order valence-corrected chi connectivity index (χ0v) is 17.1. The Morgan fingerprint density at radius 3 is 2.62 bits per heavy atom. The van der Waals surface area contributed by atoms with Crippen molar-refractivity contribution in [2.45, 2.75) is 52.1 Å². The van der Waals surface area contributed by atoms with Gasteiger partial charge in [-0.1, -0.05) is 0 Å². The maximum absolute atomic E-state index is 5.55. The Morgan fingerprint density at radius 1 is 1.31 bits per heavy atom. The van der Waals surface area contributed by atoms with Crippen molar-refractivity contribution in [3.05, 3.63) is 17.5 Å². The van der Waals surface area contributed by atoms with Crippen molar-refractivity contribution < 1.29 is 4.74 Å². The molecule has 2 N–H and O–H groups in total. The van der Waals surface area contributed by atoms with Crippen LogP contribution in [0.3, 0.4) is 0 Å². The number of ether oxygens (including phenoxy) is 1. The number of aryl methyl sites for hydroxylation is 3. The van der Waals surface area contributed by atoms with Gasteiger partial charge in [0, 0.05) is 44.1 Å². The van der Waals surface area contributed by atoms with Crippen molar-refractivity contribution >= 4 is 5.96 Å². The van der Waals surface area contributed by atoms with Crippen LogP contribution in [0.1, 0.15) is 37.6 Å². The van der Waals surface area contributed by atoms with Gasteiger partial charge in [0.05, 0.1) is 12.2 Å². The average molecular weight is 365 g/mol. The van der Waals surface area contributed by atoms with Crippen LogP contribution in [0.4, 0.5) is 0 Å². The summed E-state index contributed by atoms with van der Waals surface area (Å²) >= 11 is 0. The molecule has 0 atom stereocenters. The van der Waals surface area contributed by atoms with E-state index in [0.29, 0.717) is 0 Å². The first kappa shape index (κ1) is 20.7. The summed E-state index contributed by atoms with van der Waals surface area (Å²) < 4.78 is 7.62. The molecule has 1 aliphatic heterocycles. The van der Waals surface area contributed by atoms with Gasteiger partial charge in [-0.2, -0.15) is 5.10 Å². The van der Waals surface area contributed by atoms with Crippen LogP contribution >= 0.6 is 0 Å². The summed E-state index contributed by atoms with van der Waals surface area (Å²) in [5, 5.41) is 11.3. The lowest BCUT2D eigenvalue weighted by Gasteiger charge is -2.41. The fourth-order valence-corrected chi connectivity index (χ4v) is 3.40. The van der Waals surface area contributed by atoms with Crippen molar-refractivity contribution in [3.8, 4) is 0 Å². The summed E-state index contributed by atoms with van der Waals surface area (Å²) in [7, 11) is 4.30. The number of aliphatic imine (C=N–C) groups is 1. The fraction of sp³-hybridized carbons (Fsp3) is 0.789. The highest BCUT2D eigenvalue weighted by Crippen LogP contribution is 2.26. The lowest BCUT2D eigenvalue weighted by atomic mass is 9.89. The van der Waals surface area contributed by atoms with Gasteiger partial charge in [-0.05, 0) is 60.2 Å². The van der Waals surface area contributed by atoms with E-state index in [-0.39, 0.29) is 5.54 Å². The van der Waals surface area contributed by atoms with Crippen LogP contribution in [0.5, 0.6) is 0 Å². The van der Waals surface area contributed by atoms with Crippen LogP contribution < -0.4 is 10.6 Å². The van der Waals surface area contributed by atoms with E-state index in [4.69, 9.17) is 9.73 Å². The predicted octanol–water partition coefficient (Wildman–Crippen LogP) is 1.56. The summed E-state index contributed by atoms with van der Waals surface area (Å²) in [4.78, 5) is 7.18. The van der Waals surface area contributed by atoms with Crippen molar-refractivity contribution in [3.63, 3.8) is 0 Å². The van der Waals surface area contributed by atoms with Gasteiger partial charge in [-0.3, -0.25) is 9.67 Å². The molecule has 0 saturated carbocycles. The van der Waals surface area contributed by atoms with Crippen LogP contribution in [-0.2, 0) is 11.3 Å². The van der Waals surface area contributed by atoms with Gasteiger partial charge in [0.2, 0.25) is 0 Å². The number of rotatable bonds is 8. The standard InChI is InChI=1S/C19H36N6O/c1-6-20-18(21-10-7-11-25-17(3)14-16(2)23-25)22-15-19(24(4)5)8-12-26-13-9-19/h14H,6-13,15H2,1-5H3,(H2,20,21,22). The first-order valence-corrected chi connectivity index (χ1v) is 9.75. The molecule has 0 unspecified atom stereocenters. The zero-order valence-electron chi connectivity index (χ0n) is 17.1. The van der Waals surface area contributed by atoms with Gasteiger partial charge in [0.1, 0.15) is 0 Å². The van der Waals surface area contributed by atoms with Gasteiger partial charge < -0.3 is 20.3 Å². The molecule has 0 aliphatic carbocycles. The van der Waals surface area contributed by atoms with E-state index >= 15 is 0 Å². The van der Waals surface area contributed by atoms with Crippen molar-refractivity contribution in [1.29, 1.82) is 0 Å². The Hall–Kier alpha value is -1.60. The summed E-state index contributed by atoms with van der Waals surface area (Å²) in [6.07, 6.45) is 3.07. The topological polar surface area (TPSA) is 66.7 Å². The Balaban J connectivity index is 1.86. The number of hydrogen-bond acceptors (Lipinski definition) is 4. The Morgan fingerprint density at radius 2 is 2.04 bits per heavy atom. The third-order valence-electron chi connectivity index (χ3n) is 5.19. The highest BCUT2D eigenvalue weighted by atomic mass is 16.5. The molecule has 7 heteroatoms. The molecule has 0 spiro atoms. The van der Waals surface area contributed by atoms with E-state index in [0.717, 1.165) is 70.3 Å². The van der Waals surface area contributed by atoms with Crippen LogP contribution in [0, 0.1) is 13.8 Å². The Labute approximate surface area is 158 Å². The third-order valence-corrected chi connectivity index (χ3v) is 5.19. The van der Waals surface area contributed by atoms with Gasteiger partial charge in [0.15, 0.2) is 5.96 Å². The second-order valence-electron chi connectivity index (χ2n) is 7.36. The average Bonchev–Trinajstić information content (AvgIpc) is 2.94. The molecular formula is C19H36N6O. The van der Waals surface area contributed by atoms with Crippen LogP contribution in [0.15, 0.2) is 11.1 Å². The molecule has 1 aromatic rings. The van der Waals surface area contributed by atoms with E-state index in [1.54, 1.807) is 0 Å². The molecular weight excluding hydrogens is 328 g/mol. The minimum atomic E-state index is 0.101. The fourth-order valence-electron chi connectivity index (χ4n) is 3.40. The van der Waals surface area contributed by atoms with Gasteiger partial charge in [0.25, 0.3) is 0 Å².